The second-order valence-corrected chi connectivity index (χ2v) is 4.19. The van der Waals surface area contributed by atoms with E-state index in [-0.39, 0.29) is 0 Å². The number of rotatable bonds is 0. The van der Waals surface area contributed by atoms with Gasteiger partial charge in [-0.15, -0.1) is 0 Å². The van der Waals surface area contributed by atoms with Gasteiger partial charge in [0.05, 0.1) is 5.25 Å². The summed E-state index contributed by atoms with van der Waals surface area (Å²) in [7, 11) is -0.473. The van der Waals surface area contributed by atoms with Crippen molar-refractivity contribution >= 4 is 10.8 Å². The molecule has 2 aliphatic rings. The Morgan fingerprint density at radius 2 is 2.50 bits per heavy atom. The lowest BCUT2D eigenvalue weighted by Gasteiger charge is -2.08. The zero-order valence-electron chi connectivity index (χ0n) is 4.59. The van der Waals surface area contributed by atoms with Crippen LogP contribution in [0, 0.1) is 0 Å². The molecule has 0 spiro atoms. The zero-order chi connectivity index (χ0) is 5.56. The van der Waals surface area contributed by atoms with Gasteiger partial charge in [0.25, 0.3) is 0 Å². The van der Waals surface area contributed by atoms with Crippen molar-refractivity contribution in [2.24, 2.45) is 0 Å². The minimum atomic E-state index is -0.473. The van der Waals surface area contributed by atoms with Gasteiger partial charge in [0.15, 0.2) is 0 Å². The minimum Gasteiger partial charge on any atom is -0.312 e. The molecule has 1 N–H and O–H groups in total. The van der Waals surface area contributed by atoms with E-state index >= 15 is 0 Å². The summed E-state index contributed by atoms with van der Waals surface area (Å²) < 4.78 is 10.9. The zero-order valence-corrected chi connectivity index (χ0v) is 5.41. The highest BCUT2D eigenvalue weighted by Gasteiger charge is 2.43. The van der Waals surface area contributed by atoms with Crippen molar-refractivity contribution in [3.8, 4) is 0 Å². The molecule has 1 heterocycles. The molecular formula is C5H9NOS. The van der Waals surface area contributed by atoms with Crippen LogP contribution in [0.25, 0.3) is 0 Å². The molecule has 0 amide bonds. The van der Waals surface area contributed by atoms with E-state index in [1.54, 1.807) is 0 Å². The van der Waals surface area contributed by atoms with Crippen molar-refractivity contribution in [3.63, 3.8) is 0 Å². The van der Waals surface area contributed by atoms with E-state index < -0.39 is 10.8 Å². The number of nitrogens with one attached hydrogen (secondary N) is 1. The average molecular weight is 131 g/mol. The Labute approximate surface area is 51.1 Å². The molecule has 1 aliphatic carbocycles. The minimum absolute atomic E-state index is 0.473. The third kappa shape index (κ3) is 0.615. The fraction of sp³-hybridized carbons (Fsp3) is 1.00. The van der Waals surface area contributed by atoms with Crippen molar-refractivity contribution in [1.29, 1.82) is 0 Å². The maximum Gasteiger partial charge on any atom is 0.0517 e. The molecule has 46 valence electrons. The Hall–Kier alpha value is 0.110. The van der Waals surface area contributed by atoms with Gasteiger partial charge in [0.2, 0.25) is 0 Å². The van der Waals surface area contributed by atoms with Crippen molar-refractivity contribution in [2.75, 3.05) is 12.3 Å². The highest BCUT2D eigenvalue weighted by Crippen LogP contribution is 2.29. The average Bonchev–Trinajstić information content (AvgIpc) is 2.45. The standard InChI is InChI=1S/C5H9NOS/c7-8-2-1-6-4-3-5(4)8/h4-6H,1-3H2. The Morgan fingerprint density at radius 3 is 3.12 bits per heavy atom. The van der Waals surface area contributed by atoms with Crippen molar-refractivity contribution in [3.05, 3.63) is 0 Å². The molecule has 3 unspecified atom stereocenters. The van der Waals surface area contributed by atoms with Gasteiger partial charge in [-0.3, -0.25) is 4.21 Å². The highest BCUT2D eigenvalue weighted by molar-refractivity contribution is 7.86. The van der Waals surface area contributed by atoms with Gasteiger partial charge in [0, 0.05) is 29.1 Å². The first-order valence-corrected chi connectivity index (χ1v) is 4.37. The van der Waals surface area contributed by atoms with Crippen LogP contribution in [0.15, 0.2) is 0 Å². The summed E-state index contributed by atoms with van der Waals surface area (Å²) in [5, 5.41) is 3.82. The summed E-state index contributed by atoms with van der Waals surface area (Å²) in [4.78, 5) is 0. The summed E-state index contributed by atoms with van der Waals surface area (Å²) in [5.41, 5.74) is 0. The van der Waals surface area contributed by atoms with E-state index in [0.717, 1.165) is 18.7 Å². The number of fused-ring (bicyclic) bond motifs is 1. The lowest BCUT2D eigenvalue weighted by atomic mass is 10.6. The van der Waals surface area contributed by atoms with Gasteiger partial charge in [-0.2, -0.15) is 0 Å². The first-order valence-electron chi connectivity index (χ1n) is 2.98. The van der Waals surface area contributed by atoms with Crippen molar-refractivity contribution < 1.29 is 4.21 Å². The van der Waals surface area contributed by atoms with Crippen LogP contribution in [0.3, 0.4) is 0 Å². The van der Waals surface area contributed by atoms with Gasteiger partial charge < -0.3 is 5.32 Å². The summed E-state index contributed by atoms with van der Waals surface area (Å²) >= 11 is 0. The largest absolute Gasteiger partial charge is 0.312 e. The van der Waals surface area contributed by atoms with Crippen LogP contribution in [0.5, 0.6) is 0 Å². The molecule has 2 rings (SSSR count). The van der Waals surface area contributed by atoms with Gasteiger partial charge in [-0.25, -0.2) is 0 Å². The predicted octanol–water partition coefficient (Wildman–Crippen LogP) is -0.521. The molecule has 1 saturated carbocycles. The molecular weight excluding hydrogens is 122 g/mol. The maximum absolute atomic E-state index is 10.9. The van der Waals surface area contributed by atoms with Crippen molar-refractivity contribution in [2.45, 2.75) is 17.7 Å². The van der Waals surface area contributed by atoms with Crippen LogP contribution < -0.4 is 5.32 Å². The Morgan fingerprint density at radius 1 is 1.62 bits per heavy atom. The summed E-state index contributed by atoms with van der Waals surface area (Å²) in [5.74, 6) is 0.876. The molecule has 0 bridgehead atoms. The monoisotopic (exact) mass is 131 g/mol. The Kier molecular flexibility index (Phi) is 0.954. The molecule has 3 atom stereocenters. The lowest BCUT2D eigenvalue weighted by Crippen LogP contribution is -2.32. The normalized spacial score (nSPS) is 52.8. The summed E-state index contributed by atoms with van der Waals surface area (Å²) in [6.07, 6.45) is 1.16. The summed E-state index contributed by atoms with van der Waals surface area (Å²) in [6.45, 7) is 0.966. The van der Waals surface area contributed by atoms with Crippen molar-refractivity contribution in [1.82, 2.24) is 5.32 Å². The van der Waals surface area contributed by atoms with Gasteiger partial charge in [0.1, 0.15) is 0 Å². The predicted molar refractivity (Wildman–Crippen MR) is 33.2 cm³/mol. The Bertz CT molecular complexity index is 136. The van der Waals surface area contributed by atoms with Crippen LogP contribution in [-0.4, -0.2) is 27.8 Å². The topological polar surface area (TPSA) is 29.1 Å². The smallest absolute Gasteiger partial charge is 0.0517 e. The lowest BCUT2D eigenvalue weighted by molar-refractivity contribution is 0.654. The first-order chi connectivity index (χ1) is 3.88. The van der Waals surface area contributed by atoms with Crippen LogP contribution in [0.1, 0.15) is 6.42 Å². The van der Waals surface area contributed by atoms with E-state index in [1.807, 2.05) is 0 Å². The van der Waals surface area contributed by atoms with Crippen LogP contribution in [0.4, 0.5) is 0 Å². The molecule has 0 aromatic heterocycles. The molecule has 8 heavy (non-hydrogen) atoms. The molecule has 1 saturated heterocycles. The fourth-order valence-electron chi connectivity index (χ4n) is 1.17. The molecule has 1 aliphatic heterocycles. The van der Waals surface area contributed by atoms with Crippen LogP contribution in [0.2, 0.25) is 0 Å². The first kappa shape index (κ1) is 4.94. The van der Waals surface area contributed by atoms with E-state index in [2.05, 4.69) is 5.32 Å². The van der Waals surface area contributed by atoms with E-state index in [4.69, 9.17) is 0 Å². The highest BCUT2D eigenvalue weighted by atomic mass is 32.2. The molecule has 2 nitrogen and oxygen atoms in total. The fourth-order valence-corrected chi connectivity index (χ4v) is 2.68. The Balaban J connectivity index is 2.08. The van der Waals surface area contributed by atoms with E-state index in [9.17, 15) is 4.21 Å². The molecule has 0 aromatic rings. The second-order valence-electron chi connectivity index (χ2n) is 2.42. The molecule has 0 aromatic carbocycles. The van der Waals surface area contributed by atoms with E-state index in [1.165, 1.54) is 0 Å². The molecule has 0 radical (unpaired) electrons. The van der Waals surface area contributed by atoms with E-state index in [0.29, 0.717) is 11.3 Å². The van der Waals surface area contributed by atoms with Gasteiger partial charge in [-0.1, -0.05) is 0 Å². The van der Waals surface area contributed by atoms with Crippen LogP contribution in [-0.2, 0) is 10.8 Å². The van der Waals surface area contributed by atoms with Crippen LogP contribution >= 0.6 is 0 Å². The SMILES string of the molecule is O=S1CCNC2CC21. The number of hydrogen-bond acceptors (Lipinski definition) is 2. The second kappa shape index (κ2) is 1.54. The third-order valence-electron chi connectivity index (χ3n) is 1.78. The number of hydrogen-bond donors (Lipinski definition) is 1. The quantitative estimate of drug-likeness (QED) is 0.479. The molecule has 3 heteroatoms. The molecule has 2 fully saturated rings. The van der Waals surface area contributed by atoms with Gasteiger partial charge in [-0.05, 0) is 6.42 Å². The summed E-state index contributed by atoms with van der Waals surface area (Å²) in [6, 6.07) is 0.629. The third-order valence-corrected chi connectivity index (χ3v) is 3.58. The maximum atomic E-state index is 10.9. The van der Waals surface area contributed by atoms with Gasteiger partial charge >= 0.3 is 0 Å².